The average Bonchev–Trinajstić information content (AvgIpc) is 2.61. The summed E-state index contributed by atoms with van der Waals surface area (Å²) < 4.78 is 26.5. The summed E-state index contributed by atoms with van der Waals surface area (Å²) >= 11 is 3.45. The van der Waals surface area contributed by atoms with Gasteiger partial charge in [0.1, 0.15) is 0 Å². The summed E-state index contributed by atoms with van der Waals surface area (Å²) in [5.74, 6) is 1.16. The molecule has 3 nitrogen and oxygen atoms in total. The minimum absolute atomic E-state index is 0.150. The lowest BCUT2D eigenvalue weighted by Crippen LogP contribution is -2.39. The van der Waals surface area contributed by atoms with E-state index in [1.807, 2.05) is 13.8 Å². The fourth-order valence-corrected chi connectivity index (χ4v) is 4.50. The number of rotatable bonds is 6. The number of nitrogens with one attached hydrogen (secondary N) is 1. The van der Waals surface area contributed by atoms with E-state index in [4.69, 9.17) is 0 Å². The zero-order chi connectivity index (χ0) is 12.2. The van der Waals surface area contributed by atoms with E-state index < -0.39 is 10.0 Å². The lowest BCUT2D eigenvalue weighted by atomic mass is 10.1. The molecule has 1 rings (SSSR count). The lowest BCUT2D eigenvalue weighted by molar-refractivity contribution is 0.481. The van der Waals surface area contributed by atoms with Gasteiger partial charge in [0.2, 0.25) is 10.0 Å². The minimum Gasteiger partial charge on any atom is -0.212 e. The van der Waals surface area contributed by atoms with Gasteiger partial charge in [0.25, 0.3) is 0 Å². The molecule has 0 amide bonds. The third kappa shape index (κ3) is 4.72. The number of hydrogen-bond acceptors (Lipinski definition) is 2. The molecule has 1 aliphatic carbocycles. The normalized spacial score (nSPS) is 26.5. The van der Waals surface area contributed by atoms with E-state index >= 15 is 0 Å². The van der Waals surface area contributed by atoms with Crippen LogP contribution in [0.15, 0.2) is 0 Å². The predicted octanol–water partition coefficient (Wildman–Crippen LogP) is 2.52. The van der Waals surface area contributed by atoms with Gasteiger partial charge >= 0.3 is 0 Å². The molecule has 0 bridgehead atoms. The highest BCUT2D eigenvalue weighted by Gasteiger charge is 2.29. The number of halogens is 1. The van der Waals surface area contributed by atoms with Crippen molar-refractivity contribution in [2.24, 2.45) is 11.8 Å². The summed E-state index contributed by atoms with van der Waals surface area (Å²) in [4.78, 5) is 0. The molecule has 1 fully saturated rings. The summed E-state index contributed by atoms with van der Waals surface area (Å²) in [5, 5.41) is 0.893. The van der Waals surface area contributed by atoms with Crippen molar-refractivity contribution in [2.75, 3.05) is 11.1 Å². The molecule has 0 aromatic rings. The summed E-state index contributed by atoms with van der Waals surface area (Å²) in [6.45, 7) is 4.10. The van der Waals surface area contributed by atoms with Crippen molar-refractivity contribution in [2.45, 2.75) is 45.6 Å². The quantitative estimate of drug-likeness (QED) is 0.766. The van der Waals surface area contributed by atoms with Crippen LogP contribution in [0.5, 0.6) is 0 Å². The fraction of sp³-hybridized carbons (Fsp3) is 1.00. The van der Waals surface area contributed by atoms with Gasteiger partial charge in [-0.1, -0.05) is 36.2 Å². The molecule has 1 N–H and O–H groups in total. The molecule has 5 heteroatoms. The van der Waals surface area contributed by atoms with Crippen LogP contribution in [0.25, 0.3) is 0 Å². The van der Waals surface area contributed by atoms with Crippen LogP contribution in [0.1, 0.15) is 39.5 Å². The molecule has 1 saturated carbocycles. The number of sulfonamides is 1. The lowest BCUT2D eigenvalue weighted by Gasteiger charge is -2.19. The van der Waals surface area contributed by atoms with Crippen molar-refractivity contribution in [1.82, 2.24) is 4.72 Å². The fourth-order valence-electron chi connectivity index (χ4n) is 2.06. The summed E-state index contributed by atoms with van der Waals surface area (Å²) in [6.07, 6.45) is 3.98. The third-order valence-corrected chi connectivity index (χ3v) is 5.42. The molecular formula is C11H22BrNO2S. The molecule has 0 heterocycles. The van der Waals surface area contributed by atoms with E-state index in [2.05, 4.69) is 20.7 Å². The molecule has 0 aromatic carbocycles. The summed E-state index contributed by atoms with van der Waals surface area (Å²) in [6, 6.07) is 0.150. The largest absolute Gasteiger partial charge is 0.212 e. The Morgan fingerprint density at radius 2 is 2.06 bits per heavy atom. The Hall–Kier alpha value is 0.390. The van der Waals surface area contributed by atoms with Crippen molar-refractivity contribution in [3.8, 4) is 0 Å². The Morgan fingerprint density at radius 1 is 1.38 bits per heavy atom. The molecule has 2 atom stereocenters. The highest BCUT2D eigenvalue weighted by Crippen LogP contribution is 2.27. The molecule has 0 saturated heterocycles. The van der Waals surface area contributed by atoms with Crippen LogP contribution in [0, 0.1) is 11.8 Å². The number of alkyl halides is 1. The monoisotopic (exact) mass is 311 g/mol. The molecule has 0 aromatic heterocycles. The molecule has 0 radical (unpaired) electrons. The first-order valence-corrected chi connectivity index (χ1v) is 8.78. The van der Waals surface area contributed by atoms with Crippen molar-refractivity contribution >= 4 is 26.0 Å². The van der Waals surface area contributed by atoms with Gasteiger partial charge in [-0.15, -0.1) is 0 Å². The van der Waals surface area contributed by atoms with Crippen molar-refractivity contribution < 1.29 is 8.42 Å². The zero-order valence-electron chi connectivity index (χ0n) is 10.1. The van der Waals surface area contributed by atoms with Crippen LogP contribution in [0.3, 0.4) is 0 Å². The topological polar surface area (TPSA) is 46.2 Å². The first-order valence-electron chi connectivity index (χ1n) is 6.00. The smallest absolute Gasteiger partial charge is 0.211 e. The first kappa shape index (κ1) is 14.5. The summed E-state index contributed by atoms with van der Waals surface area (Å²) in [5.41, 5.74) is 0. The van der Waals surface area contributed by atoms with Gasteiger partial charge in [-0.2, -0.15) is 0 Å². The second-order valence-electron chi connectivity index (χ2n) is 5.07. The Kier molecular flexibility index (Phi) is 5.74. The minimum atomic E-state index is -3.07. The van der Waals surface area contributed by atoms with Gasteiger partial charge in [0, 0.05) is 11.4 Å². The second-order valence-corrected chi connectivity index (χ2v) is 7.59. The Labute approximate surface area is 108 Å². The van der Waals surface area contributed by atoms with Crippen molar-refractivity contribution in [3.63, 3.8) is 0 Å². The maximum Gasteiger partial charge on any atom is 0.211 e. The van der Waals surface area contributed by atoms with E-state index in [9.17, 15) is 8.42 Å². The van der Waals surface area contributed by atoms with Gasteiger partial charge < -0.3 is 0 Å². The second kappa shape index (κ2) is 6.36. The maximum atomic E-state index is 11.8. The summed E-state index contributed by atoms with van der Waals surface area (Å²) in [7, 11) is -3.07. The molecule has 1 aliphatic rings. The predicted molar refractivity (Wildman–Crippen MR) is 71.3 cm³/mol. The molecular weight excluding hydrogens is 290 g/mol. The van der Waals surface area contributed by atoms with Crippen LogP contribution >= 0.6 is 15.9 Å². The molecule has 16 heavy (non-hydrogen) atoms. The molecule has 0 aliphatic heterocycles. The van der Waals surface area contributed by atoms with Gasteiger partial charge in [0.05, 0.1) is 5.75 Å². The highest BCUT2D eigenvalue weighted by molar-refractivity contribution is 9.09. The maximum absolute atomic E-state index is 11.8. The molecule has 2 unspecified atom stereocenters. The van der Waals surface area contributed by atoms with E-state index in [0.29, 0.717) is 11.8 Å². The van der Waals surface area contributed by atoms with Gasteiger partial charge in [-0.05, 0) is 31.1 Å². The van der Waals surface area contributed by atoms with Crippen LogP contribution in [0.2, 0.25) is 0 Å². The SMILES string of the molecule is CC(C)CCS(=O)(=O)NC1CCCC1CBr. The molecule has 96 valence electrons. The average molecular weight is 312 g/mol. The van der Waals surface area contributed by atoms with Crippen LogP contribution in [-0.4, -0.2) is 25.5 Å². The Morgan fingerprint density at radius 3 is 2.62 bits per heavy atom. The zero-order valence-corrected chi connectivity index (χ0v) is 12.5. The Bertz CT molecular complexity index is 303. The Balaban J connectivity index is 2.45. The van der Waals surface area contributed by atoms with E-state index in [1.165, 1.54) is 0 Å². The highest BCUT2D eigenvalue weighted by atomic mass is 79.9. The van der Waals surface area contributed by atoms with Crippen LogP contribution < -0.4 is 4.72 Å². The van der Waals surface area contributed by atoms with Crippen molar-refractivity contribution in [1.29, 1.82) is 0 Å². The van der Waals surface area contributed by atoms with E-state index in [-0.39, 0.29) is 11.8 Å². The first-order chi connectivity index (χ1) is 7.44. The standard InChI is InChI=1S/C11H22BrNO2S/c1-9(2)6-7-16(14,15)13-11-5-3-4-10(11)8-12/h9-11,13H,3-8H2,1-2H3. The van der Waals surface area contributed by atoms with Gasteiger partial charge in [-0.3, -0.25) is 0 Å². The van der Waals surface area contributed by atoms with E-state index in [0.717, 1.165) is 31.0 Å². The molecule has 0 spiro atoms. The van der Waals surface area contributed by atoms with Gasteiger partial charge in [-0.25, -0.2) is 13.1 Å². The number of hydrogen-bond donors (Lipinski definition) is 1. The van der Waals surface area contributed by atoms with Crippen LogP contribution in [-0.2, 0) is 10.0 Å². The van der Waals surface area contributed by atoms with Crippen LogP contribution in [0.4, 0.5) is 0 Å². The van der Waals surface area contributed by atoms with Crippen molar-refractivity contribution in [3.05, 3.63) is 0 Å². The van der Waals surface area contributed by atoms with E-state index in [1.54, 1.807) is 0 Å². The third-order valence-electron chi connectivity index (χ3n) is 3.15. The van der Waals surface area contributed by atoms with Gasteiger partial charge in [0.15, 0.2) is 0 Å².